The molecule has 4 nitrogen and oxygen atoms in total. The summed E-state index contributed by atoms with van der Waals surface area (Å²) >= 11 is 0. The van der Waals surface area contributed by atoms with E-state index in [4.69, 9.17) is 5.11 Å². The number of carbonyl (C=O) groups is 1. The number of nitrogens with zero attached hydrogens (tertiary/aromatic N) is 2. The van der Waals surface area contributed by atoms with Crippen LogP contribution in [-0.2, 0) is 0 Å². The van der Waals surface area contributed by atoms with Gasteiger partial charge in [0.25, 0.3) is 0 Å². The molecule has 0 atom stereocenters. The van der Waals surface area contributed by atoms with Crippen LogP contribution in [0, 0.1) is 32.1 Å². The van der Waals surface area contributed by atoms with Gasteiger partial charge in [0.1, 0.15) is 0 Å². The van der Waals surface area contributed by atoms with Crippen molar-refractivity contribution in [3.8, 4) is 11.8 Å². The summed E-state index contributed by atoms with van der Waals surface area (Å²) in [5, 5.41) is 18.6. The fourth-order valence-corrected chi connectivity index (χ4v) is 3.15. The van der Waals surface area contributed by atoms with Crippen LogP contribution in [0.25, 0.3) is 17.3 Å². The van der Waals surface area contributed by atoms with Crippen molar-refractivity contribution in [2.45, 2.75) is 20.8 Å². The second kappa shape index (κ2) is 7.35. The molecule has 0 bridgehead atoms. The van der Waals surface area contributed by atoms with Crippen LogP contribution in [-0.4, -0.2) is 15.6 Å². The summed E-state index contributed by atoms with van der Waals surface area (Å²) in [6, 6.07) is 18.9. The molecule has 0 radical (unpaired) electrons. The zero-order valence-electron chi connectivity index (χ0n) is 15.5. The Morgan fingerprint density at radius 1 is 1.00 bits per heavy atom. The average molecular weight is 356 g/mol. The first-order valence-electron chi connectivity index (χ1n) is 8.62. The highest BCUT2D eigenvalue weighted by atomic mass is 16.4. The van der Waals surface area contributed by atoms with Gasteiger partial charge < -0.3 is 9.67 Å². The predicted molar refractivity (Wildman–Crippen MR) is 107 cm³/mol. The number of hydrogen-bond acceptors (Lipinski definition) is 2. The summed E-state index contributed by atoms with van der Waals surface area (Å²) in [7, 11) is 0. The van der Waals surface area contributed by atoms with E-state index < -0.39 is 5.97 Å². The van der Waals surface area contributed by atoms with Gasteiger partial charge in [0.15, 0.2) is 0 Å². The molecule has 3 rings (SSSR count). The summed E-state index contributed by atoms with van der Waals surface area (Å²) in [5.74, 6) is -0.981. The van der Waals surface area contributed by atoms with Crippen LogP contribution < -0.4 is 0 Å². The van der Waals surface area contributed by atoms with E-state index in [0.717, 1.165) is 22.6 Å². The van der Waals surface area contributed by atoms with Crippen LogP contribution in [0.2, 0.25) is 0 Å². The Morgan fingerprint density at radius 3 is 2.15 bits per heavy atom. The maximum atomic E-state index is 11.0. The topological polar surface area (TPSA) is 66.0 Å². The fraction of sp³-hybridized carbons (Fsp3) is 0.130. The number of rotatable bonds is 4. The standard InChI is InChI=1S/C23H20N2O2/c1-15-4-10-22(11-5-15)25-16(2)12-20(17(25)3)13-21(14-24)18-6-8-19(9-7-18)23(26)27/h4-13H,1-3H3,(H,26,27). The lowest BCUT2D eigenvalue weighted by molar-refractivity contribution is 0.0697. The lowest BCUT2D eigenvalue weighted by atomic mass is 10.0. The molecule has 0 aliphatic heterocycles. The zero-order valence-corrected chi connectivity index (χ0v) is 15.5. The van der Waals surface area contributed by atoms with Gasteiger partial charge in [0.05, 0.1) is 17.2 Å². The Balaban J connectivity index is 2.03. The summed E-state index contributed by atoms with van der Waals surface area (Å²) in [5.41, 5.74) is 6.78. The third kappa shape index (κ3) is 3.68. The van der Waals surface area contributed by atoms with Crippen molar-refractivity contribution in [3.63, 3.8) is 0 Å². The molecule has 134 valence electrons. The smallest absolute Gasteiger partial charge is 0.335 e. The first kappa shape index (κ1) is 18.2. The van der Waals surface area contributed by atoms with E-state index in [1.54, 1.807) is 12.1 Å². The van der Waals surface area contributed by atoms with Crippen molar-refractivity contribution in [2.75, 3.05) is 0 Å². The number of benzene rings is 2. The van der Waals surface area contributed by atoms with Gasteiger partial charge in [-0.05, 0) is 68.3 Å². The van der Waals surface area contributed by atoms with Crippen molar-refractivity contribution in [1.29, 1.82) is 5.26 Å². The lowest BCUT2D eigenvalue weighted by Gasteiger charge is -2.10. The van der Waals surface area contributed by atoms with E-state index in [1.165, 1.54) is 17.7 Å². The maximum absolute atomic E-state index is 11.0. The monoisotopic (exact) mass is 356 g/mol. The predicted octanol–water partition coefficient (Wildman–Crippen LogP) is 5.16. The molecular weight excluding hydrogens is 336 g/mol. The van der Waals surface area contributed by atoms with Crippen LogP contribution in [0.3, 0.4) is 0 Å². The highest BCUT2D eigenvalue weighted by Crippen LogP contribution is 2.25. The number of aromatic carboxylic acids is 1. The quantitative estimate of drug-likeness (QED) is 0.656. The molecule has 0 saturated carbocycles. The maximum Gasteiger partial charge on any atom is 0.335 e. The molecule has 1 aromatic heterocycles. The van der Waals surface area contributed by atoms with E-state index in [2.05, 4.69) is 47.9 Å². The molecule has 0 fully saturated rings. The average Bonchev–Trinajstić information content (AvgIpc) is 2.94. The van der Waals surface area contributed by atoms with Crippen LogP contribution in [0.15, 0.2) is 54.6 Å². The summed E-state index contributed by atoms with van der Waals surface area (Å²) in [6.45, 7) is 6.13. The van der Waals surface area contributed by atoms with Crippen molar-refractivity contribution in [3.05, 3.63) is 88.2 Å². The molecular formula is C23H20N2O2. The molecule has 1 heterocycles. The molecule has 0 aliphatic rings. The third-order valence-electron chi connectivity index (χ3n) is 4.63. The molecule has 3 aromatic rings. The number of allylic oxidation sites excluding steroid dienone is 1. The van der Waals surface area contributed by atoms with Crippen molar-refractivity contribution in [1.82, 2.24) is 4.57 Å². The first-order valence-corrected chi connectivity index (χ1v) is 8.62. The van der Waals surface area contributed by atoms with Crippen LogP contribution in [0.4, 0.5) is 0 Å². The molecule has 2 aromatic carbocycles. The number of aryl methyl sites for hydroxylation is 2. The van der Waals surface area contributed by atoms with E-state index in [-0.39, 0.29) is 5.56 Å². The van der Waals surface area contributed by atoms with E-state index in [1.807, 2.05) is 19.9 Å². The summed E-state index contributed by atoms with van der Waals surface area (Å²) in [4.78, 5) is 11.0. The third-order valence-corrected chi connectivity index (χ3v) is 4.63. The number of hydrogen-bond donors (Lipinski definition) is 1. The SMILES string of the molecule is Cc1ccc(-n2c(C)cc(C=C(C#N)c3ccc(C(=O)O)cc3)c2C)cc1. The van der Waals surface area contributed by atoms with E-state index in [0.29, 0.717) is 11.1 Å². The van der Waals surface area contributed by atoms with Crippen LogP contribution in [0.1, 0.15) is 38.4 Å². The minimum atomic E-state index is -0.981. The normalized spacial score (nSPS) is 11.3. The number of aromatic nitrogens is 1. The molecule has 0 spiro atoms. The number of carboxylic acid groups (broad SMARTS) is 1. The van der Waals surface area contributed by atoms with Gasteiger partial charge in [0.2, 0.25) is 0 Å². The van der Waals surface area contributed by atoms with Crippen molar-refractivity contribution in [2.24, 2.45) is 0 Å². The number of carboxylic acids is 1. The minimum absolute atomic E-state index is 0.202. The fourth-order valence-electron chi connectivity index (χ4n) is 3.15. The summed E-state index contributed by atoms with van der Waals surface area (Å²) < 4.78 is 2.16. The highest BCUT2D eigenvalue weighted by Gasteiger charge is 2.11. The number of nitriles is 1. The van der Waals surface area contributed by atoms with E-state index >= 15 is 0 Å². The van der Waals surface area contributed by atoms with Gasteiger partial charge in [-0.1, -0.05) is 29.8 Å². The molecule has 4 heteroatoms. The lowest BCUT2D eigenvalue weighted by Crippen LogP contribution is -1.99. The van der Waals surface area contributed by atoms with Gasteiger partial charge in [-0.3, -0.25) is 0 Å². The highest BCUT2D eigenvalue weighted by molar-refractivity contribution is 5.92. The van der Waals surface area contributed by atoms with Gasteiger partial charge in [-0.15, -0.1) is 0 Å². The molecule has 27 heavy (non-hydrogen) atoms. The Hall–Kier alpha value is -3.58. The van der Waals surface area contributed by atoms with Gasteiger partial charge in [-0.2, -0.15) is 5.26 Å². The molecule has 1 N–H and O–H groups in total. The first-order chi connectivity index (χ1) is 12.9. The molecule has 0 aliphatic carbocycles. The van der Waals surface area contributed by atoms with Crippen molar-refractivity contribution >= 4 is 17.6 Å². The van der Waals surface area contributed by atoms with Gasteiger partial charge in [-0.25, -0.2) is 4.79 Å². The second-order valence-electron chi connectivity index (χ2n) is 6.55. The Labute approximate surface area is 158 Å². The Morgan fingerprint density at radius 2 is 1.59 bits per heavy atom. The Bertz CT molecular complexity index is 1060. The Kier molecular flexibility index (Phi) is 4.96. The molecule has 0 unspecified atom stereocenters. The van der Waals surface area contributed by atoms with Gasteiger partial charge in [0, 0.05) is 17.1 Å². The molecule has 0 amide bonds. The molecule has 0 saturated heterocycles. The van der Waals surface area contributed by atoms with Crippen LogP contribution >= 0.6 is 0 Å². The van der Waals surface area contributed by atoms with E-state index in [9.17, 15) is 10.1 Å². The second-order valence-corrected chi connectivity index (χ2v) is 6.55. The van der Waals surface area contributed by atoms with Gasteiger partial charge >= 0.3 is 5.97 Å². The van der Waals surface area contributed by atoms with Crippen LogP contribution in [0.5, 0.6) is 0 Å². The zero-order chi connectivity index (χ0) is 19.6. The summed E-state index contributed by atoms with van der Waals surface area (Å²) in [6.07, 6.45) is 1.85. The van der Waals surface area contributed by atoms with Crippen molar-refractivity contribution < 1.29 is 9.90 Å². The minimum Gasteiger partial charge on any atom is -0.478 e. The largest absolute Gasteiger partial charge is 0.478 e.